The zero-order chi connectivity index (χ0) is 28.2. The Kier molecular flexibility index (Phi) is 11.0. The quantitative estimate of drug-likeness (QED) is 0.421. The number of hydrogen-bond donors (Lipinski definition) is 2. The summed E-state index contributed by atoms with van der Waals surface area (Å²) in [7, 11) is 3.77. The van der Waals surface area contributed by atoms with Gasteiger partial charge < -0.3 is 29.3 Å². The highest BCUT2D eigenvalue weighted by atomic mass is 16.7. The van der Waals surface area contributed by atoms with E-state index in [4.69, 9.17) is 14.2 Å². The third-order valence-corrected chi connectivity index (χ3v) is 7.93. The molecule has 2 rings (SSSR count). The molecule has 0 aromatic heterocycles. The van der Waals surface area contributed by atoms with Crippen LogP contribution in [-0.4, -0.2) is 89.1 Å². The summed E-state index contributed by atoms with van der Waals surface area (Å²) < 4.78 is 17.9. The molecule has 9 heteroatoms. The molecule has 0 bridgehead atoms. The van der Waals surface area contributed by atoms with Crippen molar-refractivity contribution in [2.24, 2.45) is 23.7 Å². The number of hydrogen-bond acceptors (Lipinski definition) is 9. The van der Waals surface area contributed by atoms with Crippen LogP contribution < -0.4 is 0 Å². The molecule has 2 aliphatic rings. The van der Waals surface area contributed by atoms with Gasteiger partial charge in [0.25, 0.3) is 0 Å². The lowest BCUT2D eigenvalue weighted by Gasteiger charge is -2.43. The molecule has 1 fully saturated rings. The maximum atomic E-state index is 13.5. The van der Waals surface area contributed by atoms with Gasteiger partial charge in [0.15, 0.2) is 17.9 Å². The smallest absolute Gasteiger partial charge is 0.316 e. The van der Waals surface area contributed by atoms with Gasteiger partial charge >= 0.3 is 5.97 Å². The van der Waals surface area contributed by atoms with Crippen molar-refractivity contribution in [3.63, 3.8) is 0 Å². The number of ketones is 2. The van der Waals surface area contributed by atoms with Crippen LogP contribution in [0.3, 0.4) is 0 Å². The van der Waals surface area contributed by atoms with E-state index in [1.807, 2.05) is 32.8 Å². The lowest BCUT2D eigenvalue weighted by Crippen LogP contribution is -2.56. The van der Waals surface area contributed by atoms with Gasteiger partial charge in [-0.2, -0.15) is 0 Å². The number of esters is 1. The first kappa shape index (κ1) is 31.6. The van der Waals surface area contributed by atoms with Crippen molar-refractivity contribution in [1.82, 2.24) is 4.90 Å². The topological polar surface area (TPSA) is 123 Å². The van der Waals surface area contributed by atoms with Gasteiger partial charge in [-0.3, -0.25) is 14.4 Å². The van der Waals surface area contributed by atoms with E-state index in [1.54, 1.807) is 20.8 Å². The molecule has 0 aromatic rings. The summed E-state index contributed by atoms with van der Waals surface area (Å²) in [5.41, 5.74) is -1.57. The van der Waals surface area contributed by atoms with Gasteiger partial charge in [-0.05, 0) is 72.2 Å². The van der Waals surface area contributed by atoms with Crippen molar-refractivity contribution in [2.45, 2.75) is 110 Å². The Balaban J connectivity index is 2.44. The second kappa shape index (κ2) is 12.9. The Bertz CT molecular complexity index is 840. The van der Waals surface area contributed by atoms with Gasteiger partial charge in [0.1, 0.15) is 23.7 Å². The summed E-state index contributed by atoms with van der Waals surface area (Å²) in [6, 6.07) is -0.188. The highest BCUT2D eigenvalue weighted by molar-refractivity contribution is 6.00. The SMILES string of the molecule is CC[C@H]1OC(=O)[C@H](C)C(=O)[C@H](C)[C@@H](OC2OC(C)CC(N(C)C)C2O)[C@@H](C)C[C@@H](C)C(=O)C=C[C@]1(C)O. The molecule has 4 unspecified atom stereocenters. The highest BCUT2D eigenvalue weighted by Gasteiger charge is 2.44. The van der Waals surface area contributed by atoms with Crippen molar-refractivity contribution in [2.75, 3.05) is 14.1 Å². The third-order valence-electron chi connectivity index (χ3n) is 7.93. The van der Waals surface area contributed by atoms with Gasteiger partial charge in [-0.25, -0.2) is 0 Å². The number of Topliss-reactive ketones (excluding diaryl/α,β-unsaturated/α-hetero) is 1. The van der Waals surface area contributed by atoms with Crippen LogP contribution in [0.25, 0.3) is 0 Å². The van der Waals surface area contributed by atoms with E-state index in [1.165, 1.54) is 26.0 Å². The fourth-order valence-electron chi connectivity index (χ4n) is 5.42. The molecule has 0 aromatic carbocycles. The molecule has 1 saturated heterocycles. The van der Waals surface area contributed by atoms with Crippen LogP contribution in [0.4, 0.5) is 0 Å². The van der Waals surface area contributed by atoms with Gasteiger partial charge in [0.05, 0.1) is 12.2 Å². The summed E-state index contributed by atoms with van der Waals surface area (Å²) in [6.07, 6.45) is 0.318. The van der Waals surface area contributed by atoms with E-state index < -0.39 is 53.9 Å². The molecule has 0 radical (unpaired) electrons. The van der Waals surface area contributed by atoms with E-state index in [-0.39, 0.29) is 29.6 Å². The number of aliphatic hydroxyl groups is 2. The zero-order valence-corrected chi connectivity index (χ0v) is 23.8. The van der Waals surface area contributed by atoms with E-state index >= 15 is 0 Å². The zero-order valence-electron chi connectivity index (χ0n) is 23.8. The number of ether oxygens (including phenoxy) is 3. The number of allylic oxidation sites excluding steroid dienone is 1. The second-order valence-electron chi connectivity index (χ2n) is 11.5. The third kappa shape index (κ3) is 7.69. The first-order valence-corrected chi connectivity index (χ1v) is 13.5. The van der Waals surface area contributed by atoms with Crippen LogP contribution >= 0.6 is 0 Å². The molecule has 9 nitrogen and oxygen atoms in total. The number of carbonyl (C=O) groups excluding carboxylic acids is 3. The summed E-state index contributed by atoms with van der Waals surface area (Å²) in [5, 5.41) is 21.9. The molecule has 11 atom stereocenters. The Morgan fingerprint density at radius 2 is 1.73 bits per heavy atom. The Morgan fingerprint density at radius 1 is 1.11 bits per heavy atom. The lowest BCUT2D eigenvalue weighted by atomic mass is 9.80. The molecular weight excluding hydrogens is 478 g/mol. The van der Waals surface area contributed by atoms with Crippen molar-refractivity contribution >= 4 is 17.5 Å². The molecule has 2 aliphatic heterocycles. The minimum absolute atomic E-state index is 0.168. The van der Waals surface area contributed by atoms with Gasteiger partial charge in [0, 0.05) is 17.9 Å². The van der Waals surface area contributed by atoms with Gasteiger partial charge in [0.2, 0.25) is 0 Å². The van der Waals surface area contributed by atoms with Crippen LogP contribution in [0.2, 0.25) is 0 Å². The summed E-state index contributed by atoms with van der Waals surface area (Å²) in [4.78, 5) is 41.3. The minimum atomic E-state index is -1.57. The first-order chi connectivity index (χ1) is 17.1. The fraction of sp³-hybridized carbons (Fsp3) is 0.821. The normalized spacial score (nSPS) is 43.0. The minimum Gasteiger partial charge on any atom is -0.458 e. The molecule has 0 spiro atoms. The number of likely N-dealkylation sites (N-methyl/N-ethyl adjacent to an activating group) is 1. The Hall–Kier alpha value is -1.65. The maximum Gasteiger partial charge on any atom is 0.316 e. The summed E-state index contributed by atoms with van der Waals surface area (Å²) in [6.45, 7) is 12.0. The number of carbonyl (C=O) groups is 3. The van der Waals surface area contributed by atoms with Crippen molar-refractivity contribution in [1.29, 1.82) is 0 Å². The molecule has 212 valence electrons. The molecule has 0 aliphatic carbocycles. The monoisotopic (exact) mass is 525 g/mol. The molecule has 37 heavy (non-hydrogen) atoms. The number of nitrogens with zero attached hydrogens (tertiary/aromatic N) is 1. The largest absolute Gasteiger partial charge is 0.458 e. The molecule has 0 amide bonds. The van der Waals surface area contributed by atoms with Gasteiger partial charge in [-0.1, -0.05) is 27.7 Å². The van der Waals surface area contributed by atoms with Crippen LogP contribution in [0.5, 0.6) is 0 Å². The van der Waals surface area contributed by atoms with Crippen LogP contribution in [0.1, 0.15) is 67.7 Å². The van der Waals surface area contributed by atoms with E-state index in [0.717, 1.165) is 0 Å². The Labute approximate surface area is 221 Å². The standard InChI is InChI=1S/C28H47NO8/c1-10-22-28(7,34)12-11-21(30)15(2)13-16(3)25(18(5)23(31)19(6)26(33)36-22)37-27-24(32)20(29(8)9)14-17(4)35-27/h11-12,15-20,22,24-25,27,32,34H,10,13-14H2,1-9H3/t15-,16+,17?,18+,19-,20?,22-,24?,25+,27?,28+/m1/s1. The van der Waals surface area contributed by atoms with Crippen molar-refractivity contribution in [3.05, 3.63) is 12.2 Å². The summed E-state index contributed by atoms with van der Waals surface area (Å²) in [5.74, 6) is -3.83. The van der Waals surface area contributed by atoms with E-state index in [9.17, 15) is 24.6 Å². The highest BCUT2D eigenvalue weighted by Crippen LogP contribution is 2.32. The average Bonchev–Trinajstić information content (AvgIpc) is 2.83. The predicted molar refractivity (Wildman–Crippen MR) is 139 cm³/mol. The number of aliphatic hydroxyl groups excluding tert-OH is 1. The Morgan fingerprint density at radius 3 is 2.30 bits per heavy atom. The second-order valence-corrected chi connectivity index (χ2v) is 11.5. The van der Waals surface area contributed by atoms with Crippen LogP contribution in [0, 0.1) is 23.7 Å². The number of rotatable bonds is 4. The van der Waals surface area contributed by atoms with Crippen LogP contribution in [-0.2, 0) is 28.6 Å². The van der Waals surface area contributed by atoms with Crippen molar-refractivity contribution < 1.29 is 38.8 Å². The molecule has 2 heterocycles. The van der Waals surface area contributed by atoms with Crippen LogP contribution in [0.15, 0.2) is 12.2 Å². The molecule has 2 N–H and O–H groups in total. The van der Waals surface area contributed by atoms with Crippen molar-refractivity contribution in [3.8, 4) is 0 Å². The first-order valence-electron chi connectivity index (χ1n) is 13.5. The lowest BCUT2D eigenvalue weighted by molar-refractivity contribution is -0.278. The molecular formula is C28H47NO8. The predicted octanol–water partition coefficient (Wildman–Crippen LogP) is 2.51. The average molecular weight is 526 g/mol. The van der Waals surface area contributed by atoms with E-state index in [2.05, 4.69) is 0 Å². The maximum absolute atomic E-state index is 13.5. The fourth-order valence-corrected chi connectivity index (χ4v) is 5.42. The molecule has 0 saturated carbocycles. The van der Waals surface area contributed by atoms with E-state index in [0.29, 0.717) is 19.3 Å². The summed E-state index contributed by atoms with van der Waals surface area (Å²) >= 11 is 0. The number of cyclic esters (lactones) is 1. The van der Waals surface area contributed by atoms with Gasteiger partial charge in [-0.15, -0.1) is 0 Å².